The van der Waals surface area contributed by atoms with Crippen LogP contribution >= 0.6 is 0 Å². The molecule has 68 valence electrons. The zero-order valence-corrected chi connectivity index (χ0v) is 7.47. The summed E-state index contributed by atoms with van der Waals surface area (Å²) in [5.41, 5.74) is 0.806. The normalized spacial score (nSPS) is 9.31. The lowest BCUT2D eigenvalue weighted by Crippen LogP contribution is -2.01. The Hall–Kier alpha value is -1.56. The van der Waals surface area contributed by atoms with Crippen molar-refractivity contribution in [3.05, 3.63) is 29.6 Å². The second kappa shape index (κ2) is 4.46. The van der Waals surface area contributed by atoms with Crippen molar-refractivity contribution in [2.45, 2.75) is 13.3 Å². The van der Waals surface area contributed by atoms with Crippen LogP contribution in [-0.4, -0.2) is 6.54 Å². The van der Waals surface area contributed by atoms with Crippen molar-refractivity contribution >= 4 is 5.69 Å². The van der Waals surface area contributed by atoms with Gasteiger partial charge in [-0.3, -0.25) is 0 Å². The molecule has 0 heterocycles. The van der Waals surface area contributed by atoms with Crippen molar-refractivity contribution in [1.29, 1.82) is 5.26 Å². The van der Waals surface area contributed by atoms with Crippen molar-refractivity contribution in [3.8, 4) is 6.07 Å². The zero-order valence-electron chi connectivity index (χ0n) is 7.47. The van der Waals surface area contributed by atoms with Gasteiger partial charge >= 0.3 is 0 Å². The number of hydrogen-bond donors (Lipinski definition) is 1. The second-order valence-corrected chi connectivity index (χ2v) is 2.73. The molecule has 0 saturated heterocycles. The molecule has 0 amide bonds. The molecule has 0 aromatic heterocycles. The van der Waals surface area contributed by atoms with Crippen molar-refractivity contribution < 1.29 is 4.39 Å². The number of halogens is 1. The monoisotopic (exact) mass is 178 g/mol. The van der Waals surface area contributed by atoms with Gasteiger partial charge in [0.2, 0.25) is 0 Å². The van der Waals surface area contributed by atoms with Gasteiger partial charge in [-0.05, 0) is 24.6 Å². The van der Waals surface area contributed by atoms with E-state index in [2.05, 4.69) is 5.32 Å². The lowest BCUT2D eigenvalue weighted by molar-refractivity contribution is 0.629. The van der Waals surface area contributed by atoms with Gasteiger partial charge in [0.05, 0.1) is 17.3 Å². The summed E-state index contributed by atoms with van der Waals surface area (Å²) in [5.74, 6) is -0.368. The number of hydrogen-bond acceptors (Lipinski definition) is 2. The van der Waals surface area contributed by atoms with Crippen LogP contribution < -0.4 is 5.32 Å². The van der Waals surface area contributed by atoms with E-state index in [-0.39, 0.29) is 5.82 Å². The molecule has 0 radical (unpaired) electrons. The molecule has 1 aromatic carbocycles. The molecule has 0 unspecified atom stereocenters. The third-order valence-electron chi connectivity index (χ3n) is 1.66. The maximum Gasteiger partial charge on any atom is 0.147 e. The van der Waals surface area contributed by atoms with Gasteiger partial charge in [0.1, 0.15) is 5.82 Å². The summed E-state index contributed by atoms with van der Waals surface area (Å²) in [6, 6.07) is 6.30. The molecule has 0 aliphatic heterocycles. The molecule has 0 bridgehead atoms. The van der Waals surface area contributed by atoms with Gasteiger partial charge in [0.15, 0.2) is 0 Å². The summed E-state index contributed by atoms with van der Waals surface area (Å²) in [6.07, 6.45) is 0.944. The summed E-state index contributed by atoms with van der Waals surface area (Å²) in [7, 11) is 0. The first kappa shape index (κ1) is 9.53. The summed E-state index contributed by atoms with van der Waals surface area (Å²) in [4.78, 5) is 0. The van der Waals surface area contributed by atoms with Crippen LogP contribution in [0.1, 0.15) is 18.9 Å². The summed E-state index contributed by atoms with van der Waals surface area (Å²) in [5, 5.41) is 11.4. The molecular weight excluding hydrogens is 167 g/mol. The number of benzene rings is 1. The first-order valence-corrected chi connectivity index (χ1v) is 4.21. The maximum atomic E-state index is 13.1. The van der Waals surface area contributed by atoms with Crippen molar-refractivity contribution in [2.24, 2.45) is 0 Å². The summed E-state index contributed by atoms with van der Waals surface area (Å²) in [6.45, 7) is 2.75. The Balaban J connectivity index is 2.81. The SMILES string of the molecule is CCCNc1ccc(C#N)cc1F. The Bertz CT molecular complexity index is 328. The van der Waals surface area contributed by atoms with Crippen LogP contribution in [-0.2, 0) is 0 Å². The van der Waals surface area contributed by atoms with Crippen LogP contribution in [0.3, 0.4) is 0 Å². The van der Waals surface area contributed by atoms with Gasteiger partial charge in [0.25, 0.3) is 0 Å². The topological polar surface area (TPSA) is 35.8 Å². The Morgan fingerprint density at radius 2 is 2.31 bits per heavy atom. The third kappa shape index (κ3) is 2.45. The summed E-state index contributed by atoms with van der Waals surface area (Å²) < 4.78 is 13.1. The van der Waals surface area contributed by atoms with E-state index in [0.29, 0.717) is 11.3 Å². The maximum absolute atomic E-state index is 13.1. The molecule has 1 rings (SSSR count). The molecule has 0 aliphatic carbocycles. The quantitative estimate of drug-likeness (QED) is 0.771. The standard InChI is InChI=1S/C10H11FN2/c1-2-5-13-10-4-3-8(7-12)6-9(10)11/h3-4,6,13H,2,5H2,1H3. The predicted molar refractivity (Wildman–Crippen MR) is 49.9 cm³/mol. The number of anilines is 1. The van der Waals surface area contributed by atoms with Crippen LogP contribution in [0, 0.1) is 17.1 Å². The van der Waals surface area contributed by atoms with Crippen LogP contribution in [0.25, 0.3) is 0 Å². The fraction of sp³-hybridized carbons (Fsp3) is 0.300. The minimum absolute atomic E-state index is 0.347. The minimum atomic E-state index is -0.368. The first-order chi connectivity index (χ1) is 6.27. The molecule has 0 aliphatic rings. The molecule has 1 aromatic rings. The molecule has 0 atom stereocenters. The number of nitriles is 1. The van der Waals surface area contributed by atoms with Gasteiger partial charge in [-0.25, -0.2) is 4.39 Å². The van der Waals surface area contributed by atoms with Gasteiger partial charge in [-0.2, -0.15) is 5.26 Å². The largest absolute Gasteiger partial charge is 0.383 e. The number of nitrogens with zero attached hydrogens (tertiary/aromatic N) is 1. The van der Waals surface area contributed by atoms with E-state index < -0.39 is 0 Å². The smallest absolute Gasteiger partial charge is 0.147 e. The third-order valence-corrected chi connectivity index (χ3v) is 1.66. The second-order valence-electron chi connectivity index (χ2n) is 2.73. The molecule has 2 nitrogen and oxygen atoms in total. The molecule has 0 spiro atoms. The van der Waals surface area contributed by atoms with E-state index in [9.17, 15) is 4.39 Å². The predicted octanol–water partition coefficient (Wildman–Crippen LogP) is 2.52. The average molecular weight is 178 g/mol. The van der Waals surface area contributed by atoms with Crippen LogP contribution in [0.2, 0.25) is 0 Å². The van der Waals surface area contributed by atoms with Gasteiger partial charge < -0.3 is 5.32 Å². The van der Waals surface area contributed by atoms with Gasteiger partial charge in [-0.1, -0.05) is 6.92 Å². The molecule has 13 heavy (non-hydrogen) atoms. The fourth-order valence-corrected chi connectivity index (χ4v) is 0.988. The Morgan fingerprint density at radius 1 is 1.54 bits per heavy atom. The number of rotatable bonds is 3. The van der Waals surface area contributed by atoms with Crippen LogP contribution in [0.5, 0.6) is 0 Å². The minimum Gasteiger partial charge on any atom is -0.383 e. The molecular formula is C10H11FN2. The highest BCUT2D eigenvalue weighted by Crippen LogP contribution is 2.14. The van der Waals surface area contributed by atoms with Crippen LogP contribution in [0.4, 0.5) is 10.1 Å². The van der Waals surface area contributed by atoms with Crippen LogP contribution in [0.15, 0.2) is 18.2 Å². The van der Waals surface area contributed by atoms with Crippen molar-refractivity contribution in [3.63, 3.8) is 0 Å². The summed E-state index contributed by atoms with van der Waals surface area (Å²) >= 11 is 0. The first-order valence-electron chi connectivity index (χ1n) is 4.21. The Morgan fingerprint density at radius 3 is 2.85 bits per heavy atom. The van der Waals surface area contributed by atoms with Gasteiger partial charge in [-0.15, -0.1) is 0 Å². The van der Waals surface area contributed by atoms with Gasteiger partial charge in [0, 0.05) is 6.54 Å². The fourth-order valence-electron chi connectivity index (χ4n) is 0.988. The highest BCUT2D eigenvalue weighted by atomic mass is 19.1. The lowest BCUT2D eigenvalue weighted by Gasteiger charge is -2.05. The lowest BCUT2D eigenvalue weighted by atomic mass is 10.2. The molecule has 0 saturated carbocycles. The van der Waals surface area contributed by atoms with E-state index >= 15 is 0 Å². The van der Waals surface area contributed by atoms with E-state index in [1.165, 1.54) is 6.07 Å². The van der Waals surface area contributed by atoms with Crippen molar-refractivity contribution in [1.82, 2.24) is 0 Å². The molecule has 3 heteroatoms. The van der Waals surface area contributed by atoms with E-state index in [1.54, 1.807) is 12.1 Å². The van der Waals surface area contributed by atoms with Crippen molar-refractivity contribution in [2.75, 3.05) is 11.9 Å². The highest BCUT2D eigenvalue weighted by molar-refractivity contribution is 5.48. The van der Waals surface area contributed by atoms with E-state index in [0.717, 1.165) is 13.0 Å². The van der Waals surface area contributed by atoms with E-state index in [1.807, 2.05) is 13.0 Å². The van der Waals surface area contributed by atoms with E-state index in [4.69, 9.17) is 5.26 Å². The average Bonchev–Trinajstić information content (AvgIpc) is 2.16. The molecule has 0 fully saturated rings. The number of nitrogens with one attached hydrogen (secondary N) is 1. The highest BCUT2D eigenvalue weighted by Gasteiger charge is 2.01. The zero-order chi connectivity index (χ0) is 9.68. The molecule has 1 N–H and O–H groups in total. The Kier molecular flexibility index (Phi) is 3.27. The Labute approximate surface area is 77.0 Å².